The largest absolute Gasteiger partial charge is 0.477 e. The summed E-state index contributed by atoms with van der Waals surface area (Å²) < 4.78 is 0. The quantitative estimate of drug-likeness (QED) is 0.477. The number of nitrogens with two attached hydrogens (primary N) is 1. The van der Waals surface area contributed by atoms with Gasteiger partial charge in [-0.25, -0.2) is 4.79 Å². The molecule has 0 amide bonds. The number of carbonyl (C=O) groups is 1. The van der Waals surface area contributed by atoms with Gasteiger partial charge in [0, 0.05) is 6.38 Å². The molecule has 0 aromatic carbocycles. The van der Waals surface area contributed by atoms with Crippen molar-refractivity contribution >= 4 is 17.6 Å². The molecule has 0 aliphatic heterocycles. The molecule has 4 heteroatoms. The highest BCUT2D eigenvalue weighted by Crippen LogP contribution is 1.85. The molecule has 0 saturated carbocycles. The Kier molecular flexibility index (Phi) is 9.98. The number of alkyl halides is 1. The van der Waals surface area contributed by atoms with Crippen LogP contribution in [0.25, 0.3) is 0 Å². The topological polar surface area (TPSA) is 63.3 Å². The number of carboxylic acid groups (broad SMARTS) is 1. The predicted molar refractivity (Wildman–Crippen MR) is 42.0 cm³/mol. The van der Waals surface area contributed by atoms with Crippen LogP contribution in [0.15, 0.2) is 11.8 Å². The van der Waals surface area contributed by atoms with E-state index in [0.29, 0.717) is 6.42 Å². The summed E-state index contributed by atoms with van der Waals surface area (Å²) in [6.45, 7) is 1.83. The first-order chi connectivity index (χ1) is 4.68. The number of carboxylic acids is 1. The van der Waals surface area contributed by atoms with Crippen molar-refractivity contribution in [3.05, 3.63) is 11.8 Å². The lowest BCUT2D eigenvalue weighted by atomic mass is 10.3. The molecule has 0 atom stereocenters. The van der Waals surface area contributed by atoms with Crippen LogP contribution in [0.5, 0.6) is 0 Å². The van der Waals surface area contributed by atoms with Crippen LogP contribution in [-0.4, -0.2) is 17.5 Å². The summed E-state index contributed by atoms with van der Waals surface area (Å²) in [7, 11) is 0. The Morgan fingerprint density at radius 1 is 1.70 bits per heavy atom. The highest BCUT2D eigenvalue weighted by molar-refractivity contribution is 6.15. The summed E-state index contributed by atoms with van der Waals surface area (Å²) in [5, 5.41) is 8.12. The fraction of sp³-hybridized carbons (Fsp3) is 0.500. The van der Waals surface area contributed by atoms with Gasteiger partial charge in [0.1, 0.15) is 5.70 Å². The van der Waals surface area contributed by atoms with E-state index in [1.165, 1.54) is 12.5 Å². The molecule has 3 N–H and O–H groups in total. The van der Waals surface area contributed by atoms with E-state index in [2.05, 4.69) is 11.6 Å². The van der Waals surface area contributed by atoms with Gasteiger partial charge in [-0.1, -0.05) is 13.0 Å². The molecule has 0 heterocycles. The zero-order valence-electron chi connectivity index (χ0n) is 6.10. The second-order valence-electron chi connectivity index (χ2n) is 1.37. The first-order valence-electron chi connectivity index (χ1n) is 2.75. The molecule has 0 fully saturated rings. The minimum Gasteiger partial charge on any atom is -0.477 e. The molecule has 10 heavy (non-hydrogen) atoms. The van der Waals surface area contributed by atoms with E-state index in [1.54, 1.807) is 0 Å². The molecule has 3 nitrogen and oxygen atoms in total. The molecule has 60 valence electrons. The van der Waals surface area contributed by atoms with Crippen LogP contribution in [0.4, 0.5) is 0 Å². The fourth-order valence-corrected chi connectivity index (χ4v) is 0.307. The molecular formula is C6H12ClNO2. The summed E-state index contributed by atoms with van der Waals surface area (Å²) >= 11 is 4.64. The number of aliphatic carboxylic acids is 1. The zero-order valence-corrected chi connectivity index (χ0v) is 6.85. The van der Waals surface area contributed by atoms with Gasteiger partial charge in [0.15, 0.2) is 0 Å². The third-order valence-electron chi connectivity index (χ3n) is 0.671. The van der Waals surface area contributed by atoms with Crippen LogP contribution in [0.1, 0.15) is 13.3 Å². The molecule has 0 aromatic heterocycles. The van der Waals surface area contributed by atoms with Crippen molar-refractivity contribution < 1.29 is 9.90 Å². The Labute approximate surface area is 65.5 Å². The van der Waals surface area contributed by atoms with Crippen LogP contribution in [0.3, 0.4) is 0 Å². The molecular weight excluding hydrogens is 154 g/mol. The Hall–Kier alpha value is -0.700. The molecule has 0 radical (unpaired) electrons. The van der Waals surface area contributed by atoms with Crippen LogP contribution in [0.2, 0.25) is 0 Å². The standard InChI is InChI=1S/C5H9NO2.CH3Cl/c1-2-3-4(6)5(7)8;1-2/h3H,2,6H2,1H3,(H,7,8);1H3/b4-3-;. The molecule has 0 bridgehead atoms. The molecule has 0 aliphatic rings. The number of rotatable bonds is 2. The van der Waals surface area contributed by atoms with E-state index in [0.717, 1.165) is 0 Å². The van der Waals surface area contributed by atoms with Crippen molar-refractivity contribution in [3.63, 3.8) is 0 Å². The van der Waals surface area contributed by atoms with E-state index in [9.17, 15) is 4.79 Å². The van der Waals surface area contributed by atoms with Gasteiger partial charge in [0.05, 0.1) is 0 Å². The highest BCUT2D eigenvalue weighted by atomic mass is 35.5. The molecule has 0 spiro atoms. The summed E-state index contributed by atoms with van der Waals surface area (Å²) in [6.07, 6.45) is 3.60. The van der Waals surface area contributed by atoms with Gasteiger partial charge in [-0.15, -0.1) is 11.6 Å². The molecule has 0 aliphatic carbocycles. The molecule has 0 unspecified atom stereocenters. The van der Waals surface area contributed by atoms with Gasteiger partial charge in [0.2, 0.25) is 0 Å². The Balaban J connectivity index is 0. The van der Waals surface area contributed by atoms with E-state index in [-0.39, 0.29) is 5.70 Å². The normalized spacial score (nSPS) is 9.70. The van der Waals surface area contributed by atoms with Gasteiger partial charge < -0.3 is 10.8 Å². The van der Waals surface area contributed by atoms with Gasteiger partial charge in [0.25, 0.3) is 0 Å². The van der Waals surface area contributed by atoms with Crippen LogP contribution >= 0.6 is 11.6 Å². The first-order valence-corrected chi connectivity index (χ1v) is 3.50. The van der Waals surface area contributed by atoms with Crippen molar-refractivity contribution in [2.24, 2.45) is 5.73 Å². The van der Waals surface area contributed by atoms with Crippen molar-refractivity contribution in [3.8, 4) is 0 Å². The van der Waals surface area contributed by atoms with Crippen LogP contribution < -0.4 is 5.73 Å². The van der Waals surface area contributed by atoms with Crippen molar-refractivity contribution in [1.29, 1.82) is 0 Å². The maximum atomic E-state index is 9.90. The third-order valence-corrected chi connectivity index (χ3v) is 0.671. The Bertz CT molecular complexity index is 123. The second-order valence-corrected chi connectivity index (χ2v) is 1.37. The fourth-order valence-electron chi connectivity index (χ4n) is 0.307. The van der Waals surface area contributed by atoms with Gasteiger partial charge in [-0.05, 0) is 6.42 Å². The summed E-state index contributed by atoms with van der Waals surface area (Å²) in [4.78, 5) is 9.90. The van der Waals surface area contributed by atoms with Gasteiger partial charge in [-0.3, -0.25) is 0 Å². The molecule has 0 rings (SSSR count). The summed E-state index contributed by atoms with van der Waals surface area (Å²) in [5.74, 6) is -1.05. The zero-order chi connectivity index (χ0) is 8.57. The van der Waals surface area contributed by atoms with E-state index in [1.807, 2.05) is 6.92 Å². The average Bonchev–Trinajstić information content (AvgIpc) is 1.93. The Morgan fingerprint density at radius 2 is 2.10 bits per heavy atom. The first kappa shape index (κ1) is 12.0. The predicted octanol–water partition coefficient (Wildman–Crippen LogP) is 1.18. The van der Waals surface area contributed by atoms with Gasteiger partial charge >= 0.3 is 5.97 Å². The minimum absolute atomic E-state index is 0.0764. The Morgan fingerprint density at radius 3 is 2.20 bits per heavy atom. The van der Waals surface area contributed by atoms with Crippen LogP contribution in [0, 0.1) is 0 Å². The monoisotopic (exact) mass is 165 g/mol. The van der Waals surface area contributed by atoms with Crippen molar-refractivity contribution in [2.75, 3.05) is 6.38 Å². The number of hydrogen-bond acceptors (Lipinski definition) is 2. The van der Waals surface area contributed by atoms with E-state index in [4.69, 9.17) is 10.8 Å². The SMILES string of the molecule is CC/C=C(\N)C(=O)O.CCl. The van der Waals surface area contributed by atoms with E-state index < -0.39 is 5.97 Å². The summed E-state index contributed by atoms with van der Waals surface area (Å²) in [6, 6.07) is 0. The lowest BCUT2D eigenvalue weighted by Gasteiger charge is -1.87. The van der Waals surface area contributed by atoms with Crippen molar-refractivity contribution in [1.82, 2.24) is 0 Å². The number of halogens is 1. The van der Waals surface area contributed by atoms with Crippen LogP contribution in [-0.2, 0) is 4.79 Å². The van der Waals surface area contributed by atoms with Gasteiger partial charge in [-0.2, -0.15) is 0 Å². The maximum Gasteiger partial charge on any atom is 0.351 e. The third kappa shape index (κ3) is 7.30. The summed E-state index contributed by atoms with van der Waals surface area (Å²) in [5.41, 5.74) is 4.91. The molecule has 0 aromatic rings. The smallest absolute Gasteiger partial charge is 0.351 e. The van der Waals surface area contributed by atoms with E-state index >= 15 is 0 Å². The average molecular weight is 166 g/mol. The molecule has 0 saturated heterocycles. The minimum atomic E-state index is -1.05. The second kappa shape index (κ2) is 8.30. The lowest BCUT2D eigenvalue weighted by Crippen LogP contribution is -2.09. The van der Waals surface area contributed by atoms with Crippen molar-refractivity contribution in [2.45, 2.75) is 13.3 Å². The number of allylic oxidation sites excluding steroid dienone is 1. The highest BCUT2D eigenvalue weighted by Gasteiger charge is 1.96. The lowest BCUT2D eigenvalue weighted by molar-refractivity contribution is -0.132. The number of hydrogen-bond donors (Lipinski definition) is 2. The maximum absolute atomic E-state index is 9.90.